The van der Waals surface area contributed by atoms with Crippen molar-refractivity contribution in [1.29, 1.82) is 0 Å². The molecule has 2 atom stereocenters. The second-order valence-corrected chi connectivity index (χ2v) is 8.14. The Balaban J connectivity index is 0.00000100. The first-order valence-corrected chi connectivity index (χ1v) is 10.7. The van der Waals surface area contributed by atoms with Gasteiger partial charge in [0.05, 0.1) is 24.9 Å². The molecule has 142 valence electrons. The van der Waals surface area contributed by atoms with E-state index in [-0.39, 0.29) is 12.2 Å². The molecule has 0 radical (unpaired) electrons. The molecule has 0 aromatic heterocycles. The Kier molecular flexibility index (Phi) is 9.07. The Labute approximate surface area is 149 Å². The largest absolute Gasteiger partial charge is 0.393 e. The Hall–Kier alpha value is -0.120. The summed E-state index contributed by atoms with van der Waals surface area (Å²) < 4.78 is 5.86. The summed E-state index contributed by atoms with van der Waals surface area (Å²) in [6.45, 7) is 4.55. The SMILES string of the molecule is CC.OC1CCC(CCC2CCC(C3CCC(O)CO3)CC2)CC1. The molecule has 0 aromatic carbocycles. The molecule has 3 heteroatoms. The van der Waals surface area contributed by atoms with Gasteiger partial charge in [0.2, 0.25) is 0 Å². The van der Waals surface area contributed by atoms with E-state index in [4.69, 9.17) is 4.74 Å². The predicted molar refractivity (Wildman–Crippen MR) is 99.0 cm³/mol. The maximum absolute atomic E-state index is 9.59. The first kappa shape index (κ1) is 20.2. The summed E-state index contributed by atoms with van der Waals surface area (Å²) in [5.41, 5.74) is 0. The summed E-state index contributed by atoms with van der Waals surface area (Å²) in [5, 5.41) is 19.1. The summed E-state index contributed by atoms with van der Waals surface area (Å²) in [6, 6.07) is 0. The number of ether oxygens (including phenoxy) is 1. The highest BCUT2D eigenvalue weighted by Crippen LogP contribution is 2.38. The fourth-order valence-corrected chi connectivity index (χ4v) is 4.88. The molecule has 0 bridgehead atoms. The van der Waals surface area contributed by atoms with Crippen LogP contribution in [0.3, 0.4) is 0 Å². The highest BCUT2D eigenvalue weighted by Gasteiger charge is 2.31. The number of rotatable bonds is 4. The van der Waals surface area contributed by atoms with Crippen LogP contribution in [-0.2, 0) is 4.74 Å². The first-order chi connectivity index (χ1) is 11.7. The molecule has 3 nitrogen and oxygen atoms in total. The van der Waals surface area contributed by atoms with Gasteiger partial charge in [0, 0.05) is 0 Å². The lowest BCUT2D eigenvalue weighted by atomic mass is 9.74. The van der Waals surface area contributed by atoms with Crippen molar-refractivity contribution >= 4 is 0 Å². The summed E-state index contributed by atoms with van der Waals surface area (Å²) in [5.74, 6) is 2.55. The average molecular weight is 341 g/mol. The predicted octanol–water partition coefficient (Wildman–Crippen LogP) is 4.69. The van der Waals surface area contributed by atoms with Crippen LogP contribution in [0, 0.1) is 17.8 Å². The van der Waals surface area contributed by atoms with Crippen molar-refractivity contribution in [2.75, 3.05) is 6.61 Å². The Morgan fingerprint density at radius 1 is 0.667 bits per heavy atom. The summed E-state index contributed by atoms with van der Waals surface area (Å²) in [7, 11) is 0. The molecule has 3 aliphatic rings. The van der Waals surface area contributed by atoms with Crippen LogP contribution in [-0.4, -0.2) is 35.1 Å². The van der Waals surface area contributed by atoms with Gasteiger partial charge in [-0.05, 0) is 69.1 Å². The van der Waals surface area contributed by atoms with Gasteiger partial charge in [-0.15, -0.1) is 0 Å². The third-order valence-electron chi connectivity index (χ3n) is 6.50. The first-order valence-electron chi connectivity index (χ1n) is 10.7. The number of aliphatic hydroxyl groups is 2. The second-order valence-electron chi connectivity index (χ2n) is 8.14. The third kappa shape index (κ3) is 6.31. The summed E-state index contributed by atoms with van der Waals surface area (Å²) in [4.78, 5) is 0. The molecular weight excluding hydrogens is 300 g/mol. The van der Waals surface area contributed by atoms with Gasteiger partial charge in [-0.3, -0.25) is 0 Å². The van der Waals surface area contributed by atoms with E-state index < -0.39 is 0 Å². The van der Waals surface area contributed by atoms with E-state index in [0.29, 0.717) is 12.7 Å². The molecule has 24 heavy (non-hydrogen) atoms. The van der Waals surface area contributed by atoms with Crippen molar-refractivity contribution in [2.24, 2.45) is 17.8 Å². The van der Waals surface area contributed by atoms with E-state index in [2.05, 4.69) is 0 Å². The van der Waals surface area contributed by atoms with E-state index in [9.17, 15) is 10.2 Å². The van der Waals surface area contributed by atoms with E-state index in [1.807, 2.05) is 13.8 Å². The van der Waals surface area contributed by atoms with Crippen LogP contribution in [0.2, 0.25) is 0 Å². The van der Waals surface area contributed by atoms with Gasteiger partial charge in [-0.25, -0.2) is 0 Å². The van der Waals surface area contributed by atoms with Gasteiger partial charge in [-0.2, -0.15) is 0 Å². The van der Waals surface area contributed by atoms with Gasteiger partial charge in [0.1, 0.15) is 0 Å². The Bertz CT molecular complexity index is 309. The minimum absolute atomic E-state index is 0.0132. The van der Waals surface area contributed by atoms with Crippen LogP contribution in [0.1, 0.15) is 90.9 Å². The minimum Gasteiger partial charge on any atom is -0.393 e. The summed E-state index contributed by atoms with van der Waals surface area (Å²) >= 11 is 0. The van der Waals surface area contributed by atoms with E-state index in [1.165, 1.54) is 51.4 Å². The highest BCUT2D eigenvalue weighted by molar-refractivity contribution is 4.82. The lowest BCUT2D eigenvalue weighted by molar-refractivity contribution is -0.0860. The zero-order valence-corrected chi connectivity index (χ0v) is 16.0. The number of aliphatic hydroxyl groups excluding tert-OH is 2. The van der Waals surface area contributed by atoms with Crippen molar-refractivity contribution in [2.45, 2.75) is 109 Å². The van der Waals surface area contributed by atoms with Gasteiger partial charge in [0.15, 0.2) is 0 Å². The molecule has 3 rings (SSSR count). The quantitative estimate of drug-likeness (QED) is 0.780. The van der Waals surface area contributed by atoms with Crippen molar-refractivity contribution in [3.05, 3.63) is 0 Å². The monoisotopic (exact) mass is 340 g/mol. The zero-order chi connectivity index (χ0) is 17.4. The van der Waals surface area contributed by atoms with Crippen LogP contribution in [0.4, 0.5) is 0 Å². The molecule has 2 saturated carbocycles. The van der Waals surface area contributed by atoms with Crippen molar-refractivity contribution in [1.82, 2.24) is 0 Å². The van der Waals surface area contributed by atoms with E-state index in [0.717, 1.165) is 43.4 Å². The maximum Gasteiger partial charge on any atom is 0.0774 e. The molecule has 1 saturated heterocycles. The highest BCUT2D eigenvalue weighted by atomic mass is 16.5. The Morgan fingerprint density at radius 2 is 1.17 bits per heavy atom. The average Bonchev–Trinajstić information content (AvgIpc) is 2.64. The second kappa shape index (κ2) is 10.8. The van der Waals surface area contributed by atoms with Gasteiger partial charge in [0.25, 0.3) is 0 Å². The van der Waals surface area contributed by atoms with Crippen LogP contribution in [0.15, 0.2) is 0 Å². The van der Waals surface area contributed by atoms with Gasteiger partial charge >= 0.3 is 0 Å². The molecule has 2 unspecified atom stereocenters. The van der Waals surface area contributed by atoms with Gasteiger partial charge < -0.3 is 14.9 Å². The lowest BCUT2D eigenvalue weighted by Crippen LogP contribution is -2.36. The van der Waals surface area contributed by atoms with Crippen molar-refractivity contribution < 1.29 is 14.9 Å². The lowest BCUT2D eigenvalue weighted by Gasteiger charge is -2.37. The molecular formula is C21H40O3. The molecule has 1 heterocycles. The van der Waals surface area contributed by atoms with E-state index >= 15 is 0 Å². The van der Waals surface area contributed by atoms with Crippen LogP contribution in [0.25, 0.3) is 0 Å². The number of hydrogen-bond acceptors (Lipinski definition) is 3. The molecule has 1 aliphatic heterocycles. The topological polar surface area (TPSA) is 49.7 Å². The molecule has 2 aliphatic carbocycles. The summed E-state index contributed by atoms with van der Waals surface area (Å²) in [6.07, 6.45) is 14.9. The number of hydrogen-bond donors (Lipinski definition) is 2. The van der Waals surface area contributed by atoms with E-state index in [1.54, 1.807) is 0 Å². The van der Waals surface area contributed by atoms with Crippen molar-refractivity contribution in [3.63, 3.8) is 0 Å². The fraction of sp³-hybridized carbons (Fsp3) is 1.00. The molecule has 0 amide bonds. The molecule has 3 fully saturated rings. The van der Waals surface area contributed by atoms with Crippen molar-refractivity contribution in [3.8, 4) is 0 Å². The maximum atomic E-state index is 9.59. The molecule has 0 aromatic rings. The normalized spacial score (nSPS) is 40.5. The van der Waals surface area contributed by atoms with Crippen LogP contribution >= 0.6 is 0 Å². The minimum atomic E-state index is -0.221. The smallest absolute Gasteiger partial charge is 0.0774 e. The van der Waals surface area contributed by atoms with Crippen LogP contribution in [0.5, 0.6) is 0 Å². The third-order valence-corrected chi connectivity index (χ3v) is 6.50. The standard InChI is InChI=1S/C19H34O3.C2H6/c20-17-9-5-15(6-10-17)2-1-14-3-7-16(8-4-14)19-12-11-18(21)13-22-19;1-2/h14-21H,1-13H2;1-2H3. The molecule has 2 N–H and O–H groups in total. The zero-order valence-electron chi connectivity index (χ0n) is 16.0. The molecule has 0 spiro atoms. The Morgan fingerprint density at radius 3 is 1.67 bits per heavy atom. The van der Waals surface area contributed by atoms with Crippen LogP contribution < -0.4 is 0 Å². The van der Waals surface area contributed by atoms with Gasteiger partial charge in [-0.1, -0.05) is 39.5 Å². The fourth-order valence-electron chi connectivity index (χ4n) is 4.88.